The van der Waals surface area contributed by atoms with Gasteiger partial charge in [0.2, 0.25) is 0 Å². The maximum atomic E-state index is 11.3. The standard InChI is InChI=1S/C15H18ClN5O5/c1-24-14-15(18-26-17-14)25-9-8-19-4-6-20(7-5-19)12-3-2-11(16)10-13(12)21(22)23/h2-3,10H,4-9H2,1H3/p+1. The van der Waals surface area contributed by atoms with Crippen LogP contribution in [0.1, 0.15) is 0 Å². The molecule has 0 saturated carbocycles. The fourth-order valence-corrected chi connectivity index (χ4v) is 3.07. The summed E-state index contributed by atoms with van der Waals surface area (Å²) in [5.41, 5.74) is 0.642. The highest BCUT2D eigenvalue weighted by atomic mass is 35.5. The lowest BCUT2D eigenvalue weighted by Crippen LogP contribution is -3.15. The second kappa shape index (κ2) is 8.19. The number of piperazine rings is 1. The predicted molar refractivity (Wildman–Crippen MR) is 92.2 cm³/mol. The first-order valence-electron chi connectivity index (χ1n) is 8.10. The summed E-state index contributed by atoms with van der Waals surface area (Å²) in [7, 11) is 1.47. The number of nitrogens with zero attached hydrogens (tertiary/aromatic N) is 4. The Morgan fingerprint density at radius 2 is 2.08 bits per heavy atom. The van der Waals surface area contributed by atoms with E-state index in [0.29, 0.717) is 30.4 Å². The van der Waals surface area contributed by atoms with E-state index < -0.39 is 4.92 Å². The van der Waals surface area contributed by atoms with E-state index >= 15 is 0 Å². The highest BCUT2D eigenvalue weighted by molar-refractivity contribution is 6.30. The number of nitro groups is 1. The first kappa shape index (κ1) is 18.2. The van der Waals surface area contributed by atoms with E-state index in [-0.39, 0.29) is 17.4 Å². The Morgan fingerprint density at radius 3 is 2.77 bits per heavy atom. The van der Waals surface area contributed by atoms with E-state index in [1.54, 1.807) is 12.1 Å². The van der Waals surface area contributed by atoms with Crippen molar-refractivity contribution in [1.82, 2.24) is 10.3 Å². The molecule has 140 valence electrons. The van der Waals surface area contributed by atoms with Gasteiger partial charge >= 0.3 is 11.8 Å². The summed E-state index contributed by atoms with van der Waals surface area (Å²) in [6.07, 6.45) is 0. The molecule has 0 aliphatic carbocycles. The number of quaternary nitrogens is 1. The van der Waals surface area contributed by atoms with Crippen LogP contribution in [0.15, 0.2) is 22.8 Å². The van der Waals surface area contributed by atoms with Gasteiger partial charge in [-0.15, -0.1) is 0 Å². The molecule has 10 nitrogen and oxygen atoms in total. The third-order valence-corrected chi connectivity index (χ3v) is 4.50. The highest BCUT2D eigenvalue weighted by Gasteiger charge is 2.26. The van der Waals surface area contributed by atoms with Gasteiger partial charge in [-0.2, -0.15) is 0 Å². The van der Waals surface area contributed by atoms with Crippen LogP contribution in [-0.2, 0) is 0 Å². The molecule has 26 heavy (non-hydrogen) atoms. The van der Waals surface area contributed by atoms with Crippen LogP contribution in [0.3, 0.4) is 0 Å². The minimum Gasteiger partial charge on any atom is -0.475 e. The summed E-state index contributed by atoms with van der Waals surface area (Å²) in [5.74, 6) is 0.460. The number of rotatable bonds is 7. The lowest BCUT2D eigenvalue weighted by atomic mass is 10.2. The van der Waals surface area contributed by atoms with Crippen LogP contribution in [0.25, 0.3) is 0 Å². The maximum Gasteiger partial charge on any atom is 0.320 e. The van der Waals surface area contributed by atoms with Crippen molar-refractivity contribution in [3.8, 4) is 11.8 Å². The van der Waals surface area contributed by atoms with Crippen LogP contribution in [0.5, 0.6) is 11.8 Å². The van der Waals surface area contributed by atoms with Crippen molar-refractivity contribution in [2.45, 2.75) is 0 Å². The van der Waals surface area contributed by atoms with Crippen LogP contribution in [-0.4, -0.2) is 61.7 Å². The Bertz CT molecular complexity index is 763. The number of nitrogens with one attached hydrogen (secondary N) is 1. The molecule has 2 heterocycles. The molecule has 1 aromatic carbocycles. The number of nitro benzene ring substituents is 1. The Hall–Kier alpha value is -2.59. The smallest absolute Gasteiger partial charge is 0.320 e. The van der Waals surface area contributed by atoms with Gasteiger partial charge in [-0.3, -0.25) is 10.1 Å². The van der Waals surface area contributed by atoms with Crippen molar-refractivity contribution in [2.24, 2.45) is 0 Å². The van der Waals surface area contributed by atoms with Crippen molar-refractivity contribution < 1.29 is 23.9 Å². The van der Waals surface area contributed by atoms with E-state index in [1.807, 2.05) is 4.90 Å². The van der Waals surface area contributed by atoms with Crippen LogP contribution < -0.4 is 19.3 Å². The summed E-state index contributed by atoms with van der Waals surface area (Å²) in [6, 6.07) is 4.78. The first-order chi connectivity index (χ1) is 12.6. The average Bonchev–Trinajstić information content (AvgIpc) is 3.10. The molecule has 0 atom stereocenters. The number of hydrogen-bond donors (Lipinski definition) is 1. The normalized spacial score (nSPS) is 15.1. The number of aromatic nitrogens is 2. The molecule has 1 saturated heterocycles. The molecular formula is C15H19ClN5O5+. The maximum absolute atomic E-state index is 11.3. The van der Waals surface area contributed by atoms with Gasteiger partial charge in [0, 0.05) is 11.1 Å². The zero-order valence-corrected chi connectivity index (χ0v) is 14.9. The van der Waals surface area contributed by atoms with Crippen molar-refractivity contribution in [2.75, 3.05) is 51.3 Å². The van der Waals surface area contributed by atoms with Gasteiger partial charge in [-0.1, -0.05) is 11.6 Å². The topological polar surface area (TPSA) is 108 Å². The van der Waals surface area contributed by atoms with Gasteiger partial charge in [0.25, 0.3) is 5.69 Å². The van der Waals surface area contributed by atoms with Gasteiger partial charge < -0.3 is 19.3 Å². The first-order valence-corrected chi connectivity index (χ1v) is 8.48. The second-order valence-electron chi connectivity index (χ2n) is 5.80. The number of hydrogen-bond acceptors (Lipinski definition) is 8. The van der Waals surface area contributed by atoms with Crippen molar-refractivity contribution in [3.63, 3.8) is 0 Å². The molecule has 0 spiro atoms. The molecule has 1 aliphatic rings. The zero-order valence-electron chi connectivity index (χ0n) is 14.2. The van der Waals surface area contributed by atoms with Crippen molar-refractivity contribution >= 4 is 23.0 Å². The molecule has 1 N–H and O–H groups in total. The lowest BCUT2D eigenvalue weighted by Gasteiger charge is -2.33. The van der Waals surface area contributed by atoms with Gasteiger partial charge in [0.05, 0.1) is 38.2 Å². The summed E-state index contributed by atoms with van der Waals surface area (Å²) in [4.78, 5) is 14.2. The summed E-state index contributed by atoms with van der Waals surface area (Å²) in [5, 5.41) is 18.8. The minimum absolute atomic E-state index is 0.0370. The molecule has 0 amide bonds. The van der Waals surface area contributed by atoms with Crippen LogP contribution in [0.2, 0.25) is 5.02 Å². The molecular weight excluding hydrogens is 366 g/mol. The molecule has 0 bridgehead atoms. The lowest BCUT2D eigenvalue weighted by molar-refractivity contribution is -0.900. The summed E-state index contributed by atoms with van der Waals surface area (Å²) >= 11 is 5.88. The Labute approximate surface area is 154 Å². The molecule has 1 fully saturated rings. The molecule has 3 rings (SSSR count). The molecule has 1 aromatic heterocycles. The summed E-state index contributed by atoms with van der Waals surface area (Å²) < 4.78 is 15.0. The van der Waals surface area contributed by atoms with Crippen LogP contribution >= 0.6 is 11.6 Å². The van der Waals surface area contributed by atoms with Crippen molar-refractivity contribution in [3.05, 3.63) is 33.3 Å². The largest absolute Gasteiger partial charge is 0.475 e. The fourth-order valence-electron chi connectivity index (χ4n) is 2.90. The average molecular weight is 385 g/mol. The fraction of sp³-hybridized carbons (Fsp3) is 0.467. The number of benzene rings is 1. The third kappa shape index (κ3) is 4.14. The van der Waals surface area contributed by atoms with Crippen LogP contribution in [0, 0.1) is 10.1 Å². The van der Waals surface area contributed by atoms with Crippen molar-refractivity contribution in [1.29, 1.82) is 0 Å². The monoisotopic (exact) mass is 384 g/mol. The highest BCUT2D eigenvalue weighted by Crippen LogP contribution is 2.30. The summed E-state index contributed by atoms with van der Waals surface area (Å²) in [6.45, 7) is 4.33. The number of ether oxygens (including phenoxy) is 2. The zero-order chi connectivity index (χ0) is 18.5. The predicted octanol–water partition coefficient (Wildman–Crippen LogP) is 0.424. The van der Waals surface area contributed by atoms with E-state index in [1.165, 1.54) is 18.1 Å². The quantitative estimate of drug-likeness (QED) is 0.540. The Morgan fingerprint density at radius 1 is 1.35 bits per heavy atom. The van der Waals surface area contributed by atoms with Gasteiger partial charge in [0.1, 0.15) is 18.8 Å². The molecule has 1 aliphatic heterocycles. The van der Waals surface area contributed by atoms with E-state index in [4.69, 9.17) is 21.1 Å². The molecule has 11 heteroatoms. The SMILES string of the molecule is COc1nonc1OCC[NH+]1CCN(c2ccc(Cl)cc2[N+](=O)[O-])CC1. The number of anilines is 1. The van der Waals surface area contributed by atoms with E-state index in [2.05, 4.69) is 14.9 Å². The third-order valence-electron chi connectivity index (χ3n) is 4.26. The molecule has 2 aromatic rings. The molecule has 0 radical (unpaired) electrons. The van der Waals surface area contributed by atoms with Gasteiger partial charge in [-0.05, 0) is 22.4 Å². The van der Waals surface area contributed by atoms with E-state index in [0.717, 1.165) is 19.6 Å². The van der Waals surface area contributed by atoms with Crippen LogP contribution in [0.4, 0.5) is 11.4 Å². The molecule has 0 unspecified atom stereocenters. The number of methoxy groups -OCH3 is 1. The number of halogens is 1. The Kier molecular flexibility index (Phi) is 5.74. The second-order valence-corrected chi connectivity index (χ2v) is 6.24. The van der Waals surface area contributed by atoms with Gasteiger partial charge in [0.15, 0.2) is 0 Å². The minimum atomic E-state index is -0.395. The van der Waals surface area contributed by atoms with E-state index in [9.17, 15) is 10.1 Å². The van der Waals surface area contributed by atoms with Gasteiger partial charge in [-0.25, -0.2) is 4.63 Å². The Balaban J connectivity index is 1.51.